The first-order valence-corrected chi connectivity index (χ1v) is 9.62. The molecular weight excluding hydrogens is 336 g/mol. The lowest BCUT2D eigenvalue weighted by Gasteiger charge is -2.08. The van der Waals surface area contributed by atoms with Crippen molar-refractivity contribution in [3.63, 3.8) is 0 Å². The van der Waals surface area contributed by atoms with Gasteiger partial charge in [0.05, 0.1) is 0 Å². The van der Waals surface area contributed by atoms with Crippen LogP contribution in [0.3, 0.4) is 0 Å². The minimum atomic E-state index is -1.05. The third-order valence-corrected chi connectivity index (χ3v) is 5.20. The van der Waals surface area contributed by atoms with Gasteiger partial charge in [0.1, 0.15) is 0 Å². The molecule has 4 aromatic carbocycles. The highest BCUT2D eigenvalue weighted by Gasteiger charge is 2.12. The maximum absolute atomic E-state index is 12.0. The van der Waals surface area contributed by atoms with Crippen LogP contribution in [0.5, 0.6) is 0 Å². The maximum Gasteiger partial charge on any atom is 0.158 e. The minimum absolute atomic E-state index is 0.846. The standard InChI is InChI=1S/C12H10OS.C12H10/c13-14(11-7-3-1-4-8-11)12-9-5-2-6-10-12;1-3-7-11(8-4-1)12-9-5-2-6-10-12/h1-10H;1-10H. The predicted octanol–water partition coefficient (Wildman–Crippen LogP) is 6.21. The fraction of sp³-hybridized carbons (Fsp3) is 0. The van der Waals surface area contributed by atoms with Crippen LogP contribution in [-0.4, -0.2) is 4.55 Å². The second-order valence-corrected chi connectivity index (χ2v) is 7.11. The molecule has 0 aliphatic heterocycles. The molecule has 2 heteroatoms. The third-order valence-electron chi connectivity index (χ3n) is 3.80. The van der Waals surface area contributed by atoms with E-state index in [9.17, 15) is 4.55 Å². The molecule has 0 N–H and O–H groups in total. The first-order chi connectivity index (χ1) is 12.8. The smallest absolute Gasteiger partial charge is 0.158 e. The molecule has 0 atom stereocenters. The van der Waals surface area contributed by atoms with Gasteiger partial charge >= 0.3 is 0 Å². The highest BCUT2D eigenvalue weighted by atomic mass is 32.2. The fourth-order valence-electron chi connectivity index (χ4n) is 2.49. The SMILES string of the molecule is [O-][S+](c1ccccc1)c1ccccc1.c1ccc(-c2ccccc2)cc1. The summed E-state index contributed by atoms with van der Waals surface area (Å²) in [6.45, 7) is 0. The van der Waals surface area contributed by atoms with Crippen molar-refractivity contribution >= 4 is 11.2 Å². The Labute approximate surface area is 158 Å². The Balaban J connectivity index is 0.000000152. The van der Waals surface area contributed by atoms with Crippen LogP contribution in [0.2, 0.25) is 0 Å². The van der Waals surface area contributed by atoms with E-state index >= 15 is 0 Å². The molecule has 1 nitrogen and oxygen atoms in total. The lowest BCUT2D eigenvalue weighted by atomic mass is 10.1. The second-order valence-electron chi connectivity index (χ2n) is 5.63. The highest BCUT2D eigenvalue weighted by molar-refractivity contribution is 7.91. The summed E-state index contributed by atoms with van der Waals surface area (Å²) in [6, 6.07) is 39.7. The van der Waals surface area contributed by atoms with Crippen molar-refractivity contribution in [3.8, 4) is 11.1 Å². The third kappa shape index (κ3) is 5.09. The normalized spacial score (nSPS) is 10.1. The van der Waals surface area contributed by atoms with Crippen molar-refractivity contribution in [2.24, 2.45) is 0 Å². The molecule has 4 aromatic rings. The Kier molecular flexibility index (Phi) is 6.66. The van der Waals surface area contributed by atoms with Crippen LogP contribution in [0.4, 0.5) is 0 Å². The van der Waals surface area contributed by atoms with E-state index in [0.29, 0.717) is 0 Å². The van der Waals surface area contributed by atoms with Gasteiger partial charge in [-0.2, -0.15) is 0 Å². The van der Waals surface area contributed by atoms with Crippen molar-refractivity contribution in [1.82, 2.24) is 0 Å². The van der Waals surface area contributed by atoms with Gasteiger partial charge in [0.15, 0.2) is 9.79 Å². The van der Waals surface area contributed by atoms with Crippen LogP contribution >= 0.6 is 0 Å². The van der Waals surface area contributed by atoms with E-state index in [2.05, 4.69) is 48.5 Å². The van der Waals surface area contributed by atoms with Crippen LogP contribution in [0, 0.1) is 0 Å². The maximum atomic E-state index is 12.0. The first-order valence-electron chi connectivity index (χ1n) is 8.47. The minimum Gasteiger partial charge on any atom is -0.606 e. The summed E-state index contributed by atoms with van der Waals surface area (Å²) in [5.74, 6) is 0. The fourth-order valence-corrected chi connectivity index (χ4v) is 3.57. The number of rotatable bonds is 3. The summed E-state index contributed by atoms with van der Waals surface area (Å²) in [5.41, 5.74) is 2.55. The first kappa shape index (κ1) is 18.0. The van der Waals surface area contributed by atoms with Crippen molar-refractivity contribution in [2.45, 2.75) is 9.79 Å². The van der Waals surface area contributed by atoms with E-state index < -0.39 is 11.2 Å². The Morgan fingerprint density at radius 3 is 0.962 bits per heavy atom. The Bertz CT molecular complexity index is 801. The van der Waals surface area contributed by atoms with Gasteiger partial charge in [0.2, 0.25) is 0 Å². The summed E-state index contributed by atoms with van der Waals surface area (Å²) in [6.07, 6.45) is 0. The van der Waals surface area contributed by atoms with Crippen LogP contribution in [0.1, 0.15) is 0 Å². The van der Waals surface area contributed by atoms with E-state index in [4.69, 9.17) is 0 Å². The molecule has 0 fully saturated rings. The quantitative estimate of drug-likeness (QED) is 0.400. The molecular formula is C24H20OS. The number of hydrogen-bond acceptors (Lipinski definition) is 1. The Hall–Kier alpha value is -2.81. The van der Waals surface area contributed by atoms with Gasteiger partial charge in [-0.05, 0) is 35.4 Å². The number of hydrogen-bond donors (Lipinski definition) is 0. The summed E-state index contributed by atoms with van der Waals surface area (Å²) in [7, 11) is 0. The largest absolute Gasteiger partial charge is 0.606 e. The molecule has 0 radical (unpaired) electrons. The van der Waals surface area contributed by atoms with E-state index in [0.717, 1.165) is 9.79 Å². The van der Waals surface area contributed by atoms with E-state index in [1.807, 2.05) is 72.8 Å². The second kappa shape index (κ2) is 9.62. The monoisotopic (exact) mass is 356 g/mol. The molecule has 0 saturated carbocycles. The molecule has 0 aromatic heterocycles. The molecule has 0 unspecified atom stereocenters. The van der Waals surface area contributed by atoms with Crippen LogP contribution in [0.25, 0.3) is 11.1 Å². The summed E-state index contributed by atoms with van der Waals surface area (Å²) >= 11 is -1.05. The Morgan fingerprint density at radius 2 is 0.654 bits per heavy atom. The molecule has 26 heavy (non-hydrogen) atoms. The predicted molar refractivity (Wildman–Crippen MR) is 109 cm³/mol. The Morgan fingerprint density at radius 1 is 0.385 bits per heavy atom. The van der Waals surface area contributed by atoms with Gasteiger partial charge in [0, 0.05) is 11.2 Å². The molecule has 0 saturated heterocycles. The van der Waals surface area contributed by atoms with Gasteiger partial charge in [-0.1, -0.05) is 97.1 Å². The lowest BCUT2D eigenvalue weighted by molar-refractivity contribution is 0.595. The van der Waals surface area contributed by atoms with Gasteiger partial charge in [0.25, 0.3) is 0 Å². The van der Waals surface area contributed by atoms with Crippen molar-refractivity contribution in [2.75, 3.05) is 0 Å². The van der Waals surface area contributed by atoms with Crippen molar-refractivity contribution < 1.29 is 4.55 Å². The zero-order valence-corrected chi connectivity index (χ0v) is 15.2. The molecule has 0 aliphatic rings. The zero-order chi connectivity index (χ0) is 18.0. The van der Waals surface area contributed by atoms with E-state index in [1.165, 1.54) is 11.1 Å². The summed E-state index contributed by atoms with van der Waals surface area (Å²) in [5, 5.41) is 0. The molecule has 4 rings (SSSR count). The van der Waals surface area contributed by atoms with E-state index in [-0.39, 0.29) is 0 Å². The molecule has 0 spiro atoms. The number of benzene rings is 4. The average Bonchev–Trinajstić information content (AvgIpc) is 2.76. The van der Waals surface area contributed by atoms with Gasteiger partial charge in [-0.25, -0.2) is 0 Å². The van der Waals surface area contributed by atoms with Gasteiger partial charge in [-0.3, -0.25) is 0 Å². The molecule has 128 valence electrons. The van der Waals surface area contributed by atoms with Gasteiger partial charge < -0.3 is 4.55 Å². The van der Waals surface area contributed by atoms with Crippen LogP contribution < -0.4 is 0 Å². The average molecular weight is 356 g/mol. The zero-order valence-electron chi connectivity index (χ0n) is 14.4. The molecule has 0 bridgehead atoms. The molecule has 0 heterocycles. The topological polar surface area (TPSA) is 23.1 Å². The molecule has 0 aliphatic carbocycles. The van der Waals surface area contributed by atoms with Crippen molar-refractivity contribution in [3.05, 3.63) is 121 Å². The van der Waals surface area contributed by atoms with Crippen molar-refractivity contribution in [1.29, 1.82) is 0 Å². The van der Waals surface area contributed by atoms with Gasteiger partial charge in [-0.15, -0.1) is 0 Å². The van der Waals surface area contributed by atoms with Crippen LogP contribution in [-0.2, 0) is 11.2 Å². The highest BCUT2D eigenvalue weighted by Crippen LogP contribution is 2.19. The van der Waals surface area contributed by atoms with Crippen LogP contribution in [0.15, 0.2) is 131 Å². The summed E-state index contributed by atoms with van der Waals surface area (Å²) in [4.78, 5) is 1.69. The van der Waals surface area contributed by atoms with E-state index in [1.54, 1.807) is 0 Å². The lowest BCUT2D eigenvalue weighted by Crippen LogP contribution is -2.00. The molecule has 0 amide bonds. The summed E-state index contributed by atoms with van der Waals surface area (Å²) < 4.78 is 12.0.